The van der Waals surface area contributed by atoms with Crippen molar-refractivity contribution < 1.29 is 40.2 Å². The zero-order valence-corrected chi connectivity index (χ0v) is 19.8. The van der Waals surface area contributed by atoms with Crippen LogP contribution >= 0.6 is 11.6 Å². The molecule has 4 nitrogen and oxygen atoms in total. The molecule has 0 unspecified atom stereocenters. The van der Waals surface area contributed by atoms with Crippen LogP contribution in [0.1, 0.15) is 22.3 Å². The number of hydrazone groups is 1. The van der Waals surface area contributed by atoms with Crippen molar-refractivity contribution >= 4 is 23.5 Å². The van der Waals surface area contributed by atoms with E-state index in [9.17, 15) is 30.7 Å². The Hall–Kier alpha value is -3.73. The standard InChI is InChI=1S/C25H18ClF7N2O2/c1-3-4-15-9-14(10-17(36-2)24(15)37-12-13-5-7-16(26)8-6-13)11-34-35-23-21(29)19(27)18(25(31,32)33)20(28)22(23)30/h3,5-11,35H,1,4,12H2,2H3/b34-11-. The molecule has 0 fully saturated rings. The third-order valence-electron chi connectivity index (χ3n) is 4.97. The monoisotopic (exact) mass is 546 g/mol. The Morgan fingerprint density at radius 3 is 2.16 bits per heavy atom. The van der Waals surface area contributed by atoms with Gasteiger partial charge in [0.15, 0.2) is 34.8 Å². The van der Waals surface area contributed by atoms with Gasteiger partial charge in [0.1, 0.15) is 17.9 Å². The smallest absolute Gasteiger partial charge is 0.422 e. The van der Waals surface area contributed by atoms with Crippen LogP contribution in [-0.4, -0.2) is 13.3 Å². The first-order valence-electron chi connectivity index (χ1n) is 10.4. The van der Waals surface area contributed by atoms with Gasteiger partial charge in [0.25, 0.3) is 0 Å². The van der Waals surface area contributed by atoms with Gasteiger partial charge in [0.2, 0.25) is 0 Å². The molecule has 3 rings (SSSR count). The second-order valence-electron chi connectivity index (χ2n) is 7.49. The van der Waals surface area contributed by atoms with E-state index in [1.54, 1.807) is 41.8 Å². The van der Waals surface area contributed by atoms with Crippen LogP contribution in [0.2, 0.25) is 5.02 Å². The molecular formula is C25H18ClF7N2O2. The van der Waals surface area contributed by atoms with E-state index in [4.69, 9.17) is 21.1 Å². The minimum atomic E-state index is -5.65. The molecule has 0 saturated carbocycles. The molecule has 196 valence electrons. The van der Waals surface area contributed by atoms with Gasteiger partial charge in [-0.2, -0.15) is 18.3 Å². The number of halogens is 8. The summed E-state index contributed by atoms with van der Waals surface area (Å²) in [7, 11) is 1.37. The average molecular weight is 547 g/mol. The Bertz CT molecular complexity index is 1300. The van der Waals surface area contributed by atoms with E-state index in [0.717, 1.165) is 11.8 Å². The molecule has 1 N–H and O–H groups in total. The van der Waals surface area contributed by atoms with Crippen LogP contribution in [-0.2, 0) is 19.2 Å². The fourth-order valence-corrected chi connectivity index (χ4v) is 3.39. The maximum absolute atomic E-state index is 14.1. The van der Waals surface area contributed by atoms with Crippen molar-refractivity contribution in [2.75, 3.05) is 12.5 Å². The van der Waals surface area contributed by atoms with Crippen molar-refractivity contribution in [3.05, 3.63) is 99.6 Å². The molecule has 0 saturated heterocycles. The van der Waals surface area contributed by atoms with Crippen LogP contribution in [0.3, 0.4) is 0 Å². The third kappa shape index (κ3) is 6.34. The van der Waals surface area contributed by atoms with Crippen molar-refractivity contribution in [3.8, 4) is 11.5 Å². The predicted octanol–water partition coefficient (Wildman–Crippen LogP) is 7.68. The SMILES string of the molecule is C=CCc1cc(/C=N\Nc2c(F)c(F)c(C(F)(F)F)c(F)c2F)cc(OC)c1OCc1ccc(Cl)cc1. The molecule has 3 aromatic carbocycles. The van der Waals surface area contributed by atoms with E-state index in [0.29, 0.717) is 28.3 Å². The number of rotatable bonds is 9. The highest BCUT2D eigenvalue weighted by Crippen LogP contribution is 2.38. The summed E-state index contributed by atoms with van der Waals surface area (Å²) >= 11 is 5.89. The van der Waals surface area contributed by atoms with E-state index in [1.807, 2.05) is 0 Å². The fraction of sp³-hybridized carbons (Fsp3) is 0.160. The molecular weight excluding hydrogens is 529 g/mol. The molecule has 3 aromatic rings. The molecule has 0 spiro atoms. The highest BCUT2D eigenvalue weighted by molar-refractivity contribution is 6.30. The number of hydrogen-bond acceptors (Lipinski definition) is 4. The lowest BCUT2D eigenvalue weighted by atomic mass is 10.1. The zero-order valence-electron chi connectivity index (χ0n) is 19.0. The first kappa shape index (κ1) is 27.9. The van der Waals surface area contributed by atoms with Crippen molar-refractivity contribution in [2.24, 2.45) is 5.10 Å². The number of hydrogen-bond donors (Lipinski definition) is 1. The van der Waals surface area contributed by atoms with Gasteiger partial charge in [-0.15, -0.1) is 6.58 Å². The summed E-state index contributed by atoms with van der Waals surface area (Å²) in [6.07, 6.45) is -2.72. The average Bonchev–Trinajstić information content (AvgIpc) is 2.84. The molecule has 0 bridgehead atoms. The maximum Gasteiger partial charge on any atom is 0.422 e. The molecule has 0 amide bonds. The Labute approximate surface area is 212 Å². The number of allylic oxidation sites excluding steroid dienone is 1. The molecule has 37 heavy (non-hydrogen) atoms. The number of anilines is 1. The van der Waals surface area contributed by atoms with E-state index < -0.39 is 40.7 Å². The van der Waals surface area contributed by atoms with Crippen LogP contribution < -0.4 is 14.9 Å². The lowest BCUT2D eigenvalue weighted by Crippen LogP contribution is -2.16. The lowest BCUT2D eigenvalue weighted by molar-refractivity contribution is -0.143. The van der Waals surface area contributed by atoms with Gasteiger partial charge < -0.3 is 9.47 Å². The summed E-state index contributed by atoms with van der Waals surface area (Å²) < 4.78 is 105. The van der Waals surface area contributed by atoms with Gasteiger partial charge >= 0.3 is 6.18 Å². The van der Waals surface area contributed by atoms with Gasteiger partial charge in [0, 0.05) is 10.6 Å². The van der Waals surface area contributed by atoms with E-state index in [2.05, 4.69) is 11.7 Å². The topological polar surface area (TPSA) is 42.9 Å². The quantitative estimate of drug-likeness (QED) is 0.0984. The number of benzene rings is 3. The second kappa shape index (κ2) is 11.5. The van der Waals surface area contributed by atoms with Crippen LogP contribution in [0.15, 0.2) is 54.2 Å². The minimum absolute atomic E-state index is 0.177. The Balaban J connectivity index is 1.89. The first-order valence-corrected chi connectivity index (χ1v) is 10.8. The molecule has 0 aromatic heterocycles. The molecule has 0 aliphatic carbocycles. The van der Waals surface area contributed by atoms with Gasteiger partial charge in [-0.05, 0) is 41.8 Å². The van der Waals surface area contributed by atoms with Gasteiger partial charge in [0.05, 0.1) is 13.3 Å². The number of ether oxygens (including phenoxy) is 2. The van der Waals surface area contributed by atoms with E-state index in [1.165, 1.54) is 13.2 Å². The Morgan fingerprint density at radius 1 is 1.00 bits per heavy atom. The first-order chi connectivity index (χ1) is 17.5. The van der Waals surface area contributed by atoms with Gasteiger partial charge in [-0.1, -0.05) is 29.8 Å². The molecule has 0 radical (unpaired) electrons. The number of methoxy groups -OCH3 is 1. The number of nitrogens with zero attached hydrogens (tertiary/aromatic N) is 1. The second-order valence-corrected chi connectivity index (χ2v) is 7.93. The summed E-state index contributed by atoms with van der Waals surface area (Å²) in [6, 6.07) is 9.99. The summed E-state index contributed by atoms with van der Waals surface area (Å²) in [5, 5.41) is 4.07. The van der Waals surface area contributed by atoms with Crippen LogP contribution in [0.25, 0.3) is 0 Å². The zero-order chi connectivity index (χ0) is 27.3. The fourth-order valence-electron chi connectivity index (χ4n) is 3.27. The molecule has 0 aliphatic rings. The summed E-state index contributed by atoms with van der Waals surface area (Å²) in [5.41, 5.74) is -0.773. The third-order valence-corrected chi connectivity index (χ3v) is 5.22. The Morgan fingerprint density at radius 2 is 1.62 bits per heavy atom. The molecule has 12 heteroatoms. The number of nitrogens with one attached hydrogen (secondary N) is 1. The predicted molar refractivity (Wildman–Crippen MR) is 125 cm³/mol. The largest absolute Gasteiger partial charge is 0.493 e. The maximum atomic E-state index is 14.1. The summed E-state index contributed by atoms with van der Waals surface area (Å²) in [4.78, 5) is 0. The normalized spacial score (nSPS) is 11.6. The summed E-state index contributed by atoms with van der Waals surface area (Å²) in [5.74, 6) is -9.11. The minimum Gasteiger partial charge on any atom is -0.493 e. The summed E-state index contributed by atoms with van der Waals surface area (Å²) in [6.45, 7) is 3.86. The highest BCUT2D eigenvalue weighted by Gasteiger charge is 2.42. The molecule has 0 aliphatic heterocycles. The van der Waals surface area contributed by atoms with Crippen molar-refractivity contribution in [2.45, 2.75) is 19.2 Å². The van der Waals surface area contributed by atoms with Gasteiger partial charge in [-0.25, -0.2) is 17.6 Å². The Kier molecular flexibility index (Phi) is 8.69. The van der Waals surface area contributed by atoms with Crippen LogP contribution in [0.4, 0.5) is 36.4 Å². The van der Waals surface area contributed by atoms with E-state index >= 15 is 0 Å². The lowest BCUT2D eigenvalue weighted by Gasteiger charge is -2.16. The number of alkyl halides is 3. The highest BCUT2D eigenvalue weighted by atomic mass is 35.5. The van der Waals surface area contributed by atoms with Crippen LogP contribution in [0.5, 0.6) is 11.5 Å². The van der Waals surface area contributed by atoms with Crippen LogP contribution in [0, 0.1) is 23.3 Å². The van der Waals surface area contributed by atoms with Gasteiger partial charge in [-0.3, -0.25) is 5.43 Å². The van der Waals surface area contributed by atoms with Crippen molar-refractivity contribution in [1.29, 1.82) is 0 Å². The molecule has 0 heterocycles. The van der Waals surface area contributed by atoms with Crippen molar-refractivity contribution in [3.63, 3.8) is 0 Å². The van der Waals surface area contributed by atoms with E-state index in [-0.39, 0.29) is 12.4 Å². The van der Waals surface area contributed by atoms with Crippen molar-refractivity contribution in [1.82, 2.24) is 0 Å². The molecule has 0 atom stereocenters.